The summed E-state index contributed by atoms with van der Waals surface area (Å²) in [5.41, 5.74) is 3.61. The third kappa shape index (κ3) is 3.30. The van der Waals surface area contributed by atoms with E-state index in [1.165, 1.54) is 0 Å². The Balaban J connectivity index is 2.15. The van der Waals surface area contributed by atoms with Crippen LogP contribution in [0.25, 0.3) is 0 Å². The number of benzene rings is 1. The van der Waals surface area contributed by atoms with E-state index in [9.17, 15) is 9.90 Å². The molecule has 1 fully saturated rings. The minimum Gasteiger partial charge on any atom is -0.395 e. The van der Waals surface area contributed by atoms with Crippen molar-refractivity contribution in [1.29, 1.82) is 0 Å². The van der Waals surface area contributed by atoms with Crippen LogP contribution in [-0.2, 0) is 11.3 Å². The number of aliphatic hydroxyl groups is 1. The molecule has 1 aromatic carbocycles. The van der Waals surface area contributed by atoms with Crippen molar-refractivity contribution in [1.82, 2.24) is 10.3 Å². The molecule has 19 heavy (non-hydrogen) atoms. The van der Waals surface area contributed by atoms with Crippen LogP contribution in [0.15, 0.2) is 24.3 Å². The fraction of sp³-hybridized carbons (Fsp3) is 0.462. The molecule has 1 aliphatic heterocycles. The summed E-state index contributed by atoms with van der Waals surface area (Å²) in [6, 6.07) is 7.30. The first-order valence-corrected chi connectivity index (χ1v) is 6.27. The van der Waals surface area contributed by atoms with Gasteiger partial charge < -0.3 is 9.84 Å². The van der Waals surface area contributed by atoms with E-state index in [1.54, 1.807) is 12.1 Å². The minimum absolute atomic E-state index is 0.0252. The average molecular weight is 265 g/mol. The van der Waals surface area contributed by atoms with E-state index in [2.05, 4.69) is 10.3 Å². The predicted molar refractivity (Wildman–Crippen MR) is 70.2 cm³/mol. The molecular weight excluding hydrogens is 246 g/mol. The standard InChI is InChI=1S/C13H19N3O3/c14-15-13(18)12-4-2-1-3-10(12)7-16-5-6-19-9-11(16)8-17/h1-4,11,17H,5-9,14H2,(H,15,18). The van der Waals surface area contributed by atoms with E-state index in [-0.39, 0.29) is 18.6 Å². The van der Waals surface area contributed by atoms with Crippen molar-refractivity contribution >= 4 is 5.91 Å². The molecule has 0 saturated carbocycles. The van der Waals surface area contributed by atoms with Crippen molar-refractivity contribution in [3.63, 3.8) is 0 Å². The van der Waals surface area contributed by atoms with Gasteiger partial charge in [-0.3, -0.25) is 15.1 Å². The van der Waals surface area contributed by atoms with E-state index >= 15 is 0 Å². The van der Waals surface area contributed by atoms with Crippen molar-refractivity contribution in [2.24, 2.45) is 5.84 Å². The highest BCUT2D eigenvalue weighted by Gasteiger charge is 2.23. The monoisotopic (exact) mass is 265 g/mol. The van der Waals surface area contributed by atoms with Gasteiger partial charge in [-0.1, -0.05) is 18.2 Å². The van der Waals surface area contributed by atoms with Gasteiger partial charge in [0.1, 0.15) is 0 Å². The Morgan fingerprint density at radius 2 is 2.32 bits per heavy atom. The highest BCUT2D eigenvalue weighted by Crippen LogP contribution is 2.15. The fourth-order valence-electron chi connectivity index (χ4n) is 2.24. The second-order valence-electron chi connectivity index (χ2n) is 4.51. The quantitative estimate of drug-likeness (QED) is 0.387. The van der Waals surface area contributed by atoms with Crippen LogP contribution >= 0.6 is 0 Å². The summed E-state index contributed by atoms with van der Waals surface area (Å²) in [5.74, 6) is 4.88. The van der Waals surface area contributed by atoms with Gasteiger partial charge >= 0.3 is 0 Å². The average Bonchev–Trinajstić information content (AvgIpc) is 2.47. The molecule has 1 saturated heterocycles. The largest absolute Gasteiger partial charge is 0.395 e. The number of nitrogens with one attached hydrogen (secondary N) is 1. The molecule has 1 unspecified atom stereocenters. The van der Waals surface area contributed by atoms with E-state index in [0.29, 0.717) is 25.3 Å². The Morgan fingerprint density at radius 1 is 1.53 bits per heavy atom. The van der Waals surface area contributed by atoms with Gasteiger partial charge in [-0.05, 0) is 11.6 Å². The summed E-state index contributed by atoms with van der Waals surface area (Å²) in [7, 11) is 0. The number of hydrazine groups is 1. The van der Waals surface area contributed by atoms with Gasteiger partial charge in [-0.2, -0.15) is 0 Å². The Morgan fingerprint density at radius 3 is 3.05 bits per heavy atom. The molecule has 2 rings (SSSR count). The summed E-state index contributed by atoms with van der Waals surface area (Å²) >= 11 is 0. The van der Waals surface area contributed by atoms with E-state index in [4.69, 9.17) is 10.6 Å². The van der Waals surface area contributed by atoms with E-state index < -0.39 is 0 Å². The summed E-state index contributed by atoms with van der Waals surface area (Å²) in [4.78, 5) is 13.8. The number of carbonyl (C=O) groups excluding carboxylic acids is 1. The number of nitrogens with two attached hydrogens (primary N) is 1. The number of aliphatic hydroxyl groups excluding tert-OH is 1. The SMILES string of the molecule is NNC(=O)c1ccccc1CN1CCOCC1CO. The fourth-order valence-corrected chi connectivity index (χ4v) is 2.24. The molecule has 1 atom stereocenters. The first-order valence-electron chi connectivity index (χ1n) is 6.27. The van der Waals surface area contributed by atoms with Gasteiger partial charge in [0.25, 0.3) is 5.91 Å². The molecule has 1 amide bonds. The molecule has 0 radical (unpaired) electrons. The Labute approximate surface area is 112 Å². The molecule has 1 aromatic rings. The van der Waals surface area contributed by atoms with Crippen molar-refractivity contribution in [2.75, 3.05) is 26.4 Å². The van der Waals surface area contributed by atoms with Crippen LogP contribution in [0.4, 0.5) is 0 Å². The van der Waals surface area contributed by atoms with Crippen LogP contribution in [0.2, 0.25) is 0 Å². The predicted octanol–water partition coefficient (Wildman–Crippen LogP) is -0.517. The number of ether oxygens (including phenoxy) is 1. The normalized spacial score (nSPS) is 20.2. The van der Waals surface area contributed by atoms with Crippen LogP contribution in [0.3, 0.4) is 0 Å². The zero-order valence-corrected chi connectivity index (χ0v) is 10.7. The van der Waals surface area contributed by atoms with Gasteiger partial charge in [0.15, 0.2) is 0 Å². The molecule has 4 N–H and O–H groups in total. The lowest BCUT2D eigenvalue weighted by molar-refractivity contribution is -0.0313. The molecule has 1 aliphatic rings. The molecule has 0 bridgehead atoms. The van der Waals surface area contributed by atoms with Gasteiger partial charge in [0.2, 0.25) is 0 Å². The number of morpholine rings is 1. The maximum atomic E-state index is 11.7. The molecule has 6 heteroatoms. The maximum absolute atomic E-state index is 11.7. The van der Waals surface area contributed by atoms with Crippen molar-refractivity contribution < 1.29 is 14.6 Å². The van der Waals surface area contributed by atoms with E-state index in [0.717, 1.165) is 12.1 Å². The lowest BCUT2D eigenvalue weighted by Gasteiger charge is -2.34. The summed E-state index contributed by atoms with van der Waals surface area (Å²) in [5, 5.41) is 9.34. The van der Waals surface area contributed by atoms with Crippen LogP contribution in [-0.4, -0.2) is 48.3 Å². The number of nitrogens with zero attached hydrogens (tertiary/aromatic N) is 1. The second kappa shape index (κ2) is 6.63. The highest BCUT2D eigenvalue weighted by atomic mass is 16.5. The third-order valence-electron chi connectivity index (χ3n) is 3.33. The Kier molecular flexibility index (Phi) is 4.86. The van der Waals surface area contributed by atoms with Gasteiger partial charge in [0.05, 0.1) is 25.9 Å². The third-order valence-corrected chi connectivity index (χ3v) is 3.33. The molecule has 0 spiro atoms. The maximum Gasteiger partial charge on any atom is 0.265 e. The number of rotatable bonds is 4. The lowest BCUT2D eigenvalue weighted by Crippen LogP contribution is -2.47. The zero-order chi connectivity index (χ0) is 13.7. The number of nitrogen functional groups attached to an aromatic ring is 1. The topological polar surface area (TPSA) is 87.8 Å². The Bertz CT molecular complexity index is 439. The zero-order valence-electron chi connectivity index (χ0n) is 10.7. The molecular formula is C13H19N3O3. The smallest absolute Gasteiger partial charge is 0.265 e. The van der Waals surface area contributed by atoms with E-state index in [1.807, 2.05) is 12.1 Å². The molecule has 6 nitrogen and oxygen atoms in total. The van der Waals surface area contributed by atoms with Gasteiger partial charge in [-0.25, -0.2) is 5.84 Å². The van der Waals surface area contributed by atoms with Crippen LogP contribution < -0.4 is 11.3 Å². The van der Waals surface area contributed by atoms with Crippen LogP contribution in [0.1, 0.15) is 15.9 Å². The minimum atomic E-state index is -0.301. The van der Waals surface area contributed by atoms with Crippen molar-refractivity contribution in [2.45, 2.75) is 12.6 Å². The first-order chi connectivity index (χ1) is 9.26. The molecule has 0 aliphatic carbocycles. The van der Waals surface area contributed by atoms with Gasteiger partial charge in [-0.15, -0.1) is 0 Å². The van der Waals surface area contributed by atoms with Crippen molar-refractivity contribution in [3.8, 4) is 0 Å². The summed E-state index contributed by atoms with van der Waals surface area (Å²) < 4.78 is 5.34. The Hall–Kier alpha value is -1.47. The summed E-state index contributed by atoms with van der Waals surface area (Å²) in [6.45, 7) is 2.54. The molecule has 104 valence electrons. The molecule has 0 aromatic heterocycles. The number of hydrogen-bond acceptors (Lipinski definition) is 5. The molecule has 1 heterocycles. The number of amides is 1. The highest BCUT2D eigenvalue weighted by molar-refractivity contribution is 5.95. The number of hydrogen-bond donors (Lipinski definition) is 3. The summed E-state index contributed by atoms with van der Waals surface area (Å²) in [6.07, 6.45) is 0. The van der Waals surface area contributed by atoms with Crippen LogP contribution in [0.5, 0.6) is 0 Å². The first kappa shape index (κ1) is 14.0. The van der Waals surface area contributed by atoms with Crippen molar-refractivity contribution in [3.05, 3.63) is 35.4 Å². The number of carbonyl (C=O) groups is 1. The second-order valence-corrected chi connectivity index (χ2v) is 4.51. The van der Waals surface area contributed by atoms with Crippen LogP contribution in [0, 0.1) is 0 Å². The lowest BCUT2D eigenvalue weighted by atomic mass is 10.1. The van der Waals surface area contributed by atoms with Gasteiger partial charge in [0, 0.05) is 18.7 Å².